The van der Waals surface area contributed by atoms with E-state index in [0.29, 0.717) is 29.6 Å². The molecule has 2 aromatic heterocycles. The molecule has 0 saturated heterocycles. The number of aromatic amines is 1. The molecule has 0 aliphatic heterocycles. The second kappa shape index (κ2) is 5.73. The average molecular weight is 288 g/mol. The number of H-pyrrole nitrogens is 1. The molecule has 112 valence electrons. The minimum atomic E-state index is -0.161. The van der Waals surface area contributed by atoms with Gasteiger partial charge in [-0.3, -0.25) is 9.89 Å². The molecule has 2 atom stereocenters. The fourth-order valence-electron chi connectivity index (χ4n) is 2.89. The summed E-state index contributed by atoms with van der Waals surface area (Å²) in [5.41, 5.74) is 6.82. The Morgan fingerprint density at radius 2 is 2.38 bits per heavy atom. The van der Waals surface area contributed by atoms with Crippen LogP contribution >= 0.6 is 0 Å². The van der Waals surface area contributed by atoms with Gasteiger partial charge in [-0.05, 0) is 44.4 Å². The van der Waals surface area contributed by atoms with E-state index < -0.39 is 0 Å². The van der Waals surface area contributed by atoms with Gasteiger partial charge in [0.05, 0.1) is 0 Å². The number of rotatable bonds is 4. The number of amides is 1. The van der Waals surface area contributed by atoms with E-state index in [1.807, 2.05) is 19.1 Å². The van der Waals surface area contributed by atoms with E-state index in [1.165, 1.54) is 0 Å². The summed E-state index contributed by atoms with van der Waals surface area (Å²) in [6.07, 6.45) is 3.19. The molecular weight excluding hydrogens is 268 g/mol. The first kappa shape index (κ1) is 13.9. The van der Waals surface area contributed by atoms with Gasteiger partial charge in [-0.25, -0.2) is 0 Å². The topological polar surface area (TPSA) is 96.9 Å². The quantitative estimate of drug-likeness (QED) is 0.799. The van der Waals surface area contributed by atoms with Crippen molar-refractivity contribution in [1.82, 2.24) is 15.5 Å². The molecule has 1 saturated carbocycles. The Bertz CT molecular complexity index is 631. The molecule has 3 rings (SSSR count). The van der Waals surface area contributed by atoms with E-state index in [2.05, 4.69) is 15.5 Å². The van der Waals surface area contributed by atoms with Gasteiger partial charge in [-0.15, -0.1) is 0 Å². The molecule has 1 amide bonds. The van der Waals surface area contributed by atoms with Crippen LogP contribution < -0.4 is 11.1 Å². The van der Waals surface area contributed by atoms with Gasteiger partial charge in [0, 0.05) is 12.1 Å². The number of aromatic nitrogens is 2. The first-order valence-electron chi connectivity index (χ1n) is 7.30. The lowest BCUT2D eigenvalue weighted by Crippen LogP contribution is -2.40. The zero-order valence-electron chi connectivity index (χ0n) is 12.1. The molecular formula is C15H20N4O2. The maximum Gasteiger partial charge on any atom is 0.272 e. The number of furan rings is 1. The second-order valence-corrected chi connectivity index (χ2v) is 5.58. The lowest BCUT2D eigenvalue weighted by Gasteiger charge is -2.18. The van der Waals surface area contributed by atoms with Crippen LogP contribution in [0, 0.1) is 12.8 Å². The summed E-state index contributed by atoms with van der Waals surface area (Å²) in [5.74, 6) is 1.72. The predicted octanol–water partition coefficient (Wildman–Crippen LogP) is 1.84. The van der Waals surface area contributed by atoms with Crippen LogP contribution in [0.3, 0.4) is 0 Å². The molecule has 2 heterocycles. The molecule has 1 aliphatic carbocycles. The van der Waals surface area contributed by atoms with Gasteiger partial charge in [0.1, 0.15) is 11.5 Å². The zero-order valence-corrected chi connectivity index (χ0v) is 12.1. The highest BCUT2D eigenvalue weighted by Crippen LogP contribution is 2.25. The van der Waals surface area contributed by atoms with Crippen molar-refractivity contribution in [2.24, 2.45) is 11.7 Å². The molecule has 1 fully saturated rings. The van der Waals surface area contributed by atoms with Gasteiger partial charge >= 0.3 is 0 Å². The first-order chi connectivity index (χ1) is 10.2. The molecule has 6 nitrogen and oxygen atoms in total. The van der Waals surface area contributed by atoms with Gasteiger partial charge in [-0.2, -0.15) is 5.10 Å². The van der Waals surface area contributed by atoms with Gasteiger partial charge in [0.2, 0.25) is 0 Å². The minimum Gasteiger partial charge on any atom is -0.460 e. The number of nitrogens with one attached hydrogen (secondary N) is 2. The highest BCUT2D eigenvalue weighted by Gasteiger charge is 2.28. The molecule has 4 N–H and O–H groups in total. The lowest BCUT2D eigenvalue weighted by molar-refractivity contribution is 0.0923. The molecule has 2 aromatic rings. The van der Waals surface area contributed by atoms with Crippen LogP contribution in [-0.4, -0.2) is 28.7 Å². The monoisotopic (exact) mass is 288 g/mol. The summed E-state index contributed by atoms with van der Waals surface area (Å²) in [4.78, 5) is 12.2. The van der Waals surface area contributed by atoms with Crippen LogP contribution in [0.5, 0.6) is 0 Å². The molecule has 21 heavy (non-hydrogen) atoms. The highest BCUT2D eigenvalue weighted by atomic mass is 16.3. The van der Waals surface area contributed by atoms with Crippen molar-refractivity contribution in [3.63, 3.8) is 0 Å². The van der Waals surface area contributed by atoms with Crippen molar-refractivity contribution in [1.29, 1.82) is 0 Å². The Labute approximate surface area is 123 Å². The van der Waals surface area contributed by atoms with Crippen molar-refractivity contribution < 1.29 is 9.21 Å². The Hall–Kier alpha value is -2.08. The fraction of sp³-hybridized carbons (Fsp3) is 0.467. The van der Waals surface area contributed by atoms with Gasteiger partial charge in [-0.1, -0.05) is 6.42 Å². The summed E-state index contributed by atoms with van der Waals surface area (Å²) in [7, 11) is 0. The van der Waals surface area contributed by atoms with Gasteiger partial charge in [0.15, 0.2) is 11.5 Å². The summed E-state index contributed by atoms with van der Waals surface area (Å²) < 4.78 is 5.51. The summed E-state index contributed by atoms with van der Waals surface area (Å²) in [6, 6.07) is 5.60. The smallest absolute Gasteiger partial charge is 0.272 e. The van der Waals surface area contributed by atoms with Crippen molar-refractivity contribution in [3.8, 4) is 11.5 Å². The Morgan fingerprint density at radius 3 is 3.10 bits per heavy atom. The third-order valence-corrected chi connectivity index (χ3v) is 4.09. The van der Waals surface area contributed by atoms with Crippen molar-refractivity contribution >= 4 is 5.91 Å². The Morgan fingerprint density at radius 1 is 1.52 bits per heavy atom. The second-order valence-electron chi connectivity index (χ2n) is 5.58. The zero-order chi connectivity index (χ0) is 14.8. The van der Waals surface area contributed by atoms with E-state index in [-0.39, 0.29) is 11.9 Å². The van der Waals surface area contributed by atoms with Crippen molar-refractivity contribution in [2.45, 2.75) is 32.2 Å². The van der Waals surface area contributed by atoms with Crippen molar-refractivity contribution in [3.05, 3.63) is 29.7 Å². The van der Waals surface area contributed by atoms with Gasteiger partial charge in [0.25, 0.3) is 5.91 Å². The molecule has 0 spiro atoms. The van der Waals surface area contributed by atoms with E-state index in [0.717, 1.165) is 25.0 Å². The maximum atomic E-state index is 12.2. The number of hydrogen-bond acceptors (Lipinski definition) is 4. The number of hydrogen-bond donors (Lipinski definition) is 3. The third kappa shape index (κ3) is 2.85. The van der Waals surface area contributed by atoms with Gasteiger partial charge < -0.3 is 15.5 Å². The first-order valence-corrected chi connectivity index (χ1v) is 7.30. The van der Waals surface area contributed by atoms with E-state index in [1.54, 1.807) is 6.07 Å². The van der Waals surface area contributed by atoms with E-state index >= 15 is 0 Å². The standard InChI is InChI=1S/C15H20N4O2/c1-9-5-6-14(21-9)12-7-13(19-18-12)15(20)17-11-4-2-3-10(11)8-16/h5-7,10-11H,2-4,8,16H2,1H3,(H,17,20)(H,18,19). The number of carbonyl (C=O) groups is 1. The van der Waals surface area contributed by atoms with Crippen LogP contribution in [0.4, 0.5) is 0 Å². The van der Waals surface area contributed by atoms with Crippen LogP contribution in [0.15, 0.2) is 22.6 Å². The molecule has 6 heteroatoms. The summed E-state index contributed by atoms with van der Waals surface area (Å²) >= 11 is 0. The van der Waals surface area contributed by atoms with E-state index in [4.69, 9.17) is 10.2 Å². The molecule has 0 radical (unpaired) electrons. The Kier molecular flexibility index (Phi) is 3.79. The molecule has 2 unspecified atom stereocenters. The summed E-state index contributed by atoms with van der Waals surface area (Å²) in [6.45, 7) is 2.49. The molecule has 0 aromatic carbocycles. The van der Waals surface area contributed by atoms with Crippen LogP contribution in [-0.2, 0) is 0 Å². The number of nitrogens with zero attached hydrogens (tertiary/aromatic N) is 1. The normalized spacial score (nSPS) is 21.6. The maximum absolute atomic E-state index is 12.2. The fourth-order valence-corrected chi connectivity index (χ4v) is 2.89. The van der Waals surface area contributed by atoms with Crippen LogP contribution in [0.1, 0.15) is 35.5 Å². The predicted molar refractivity (Wildman–Crippen MR) is 78.7 cm³/mol. The molecule has 0 bridgehead atoms. The highest BCUT2D eigenvalue weighted by molar-refractivity contribution is 5.93. The van der Waals surface area contributed by atoms with Crippen LogP contribution in [0.25, 0.3) is 11.5 Å². The largest absolute Gasteiger partial charge is 0.460 e. The SMILES string of the molecule is Cc1ccc(-c2cc(C(=O)NC3CCCC3CN)n[nH]2)o1. The Balaban J connectivity index is 1.69. The third-order valence-electron chi connectivity index (χ3n) is 4.09. The average Bonchev–Trinajstić information content (AvgIpc) is 3.17. The number of nitrogens with two attached hydrogens (primary N) is 1. The number of carbonyl (C=O) groups excluding carboxylic acids is 1. The van der Waals surface area contributed by atoms with Crippen LogP contribution in [0.2, 0.25) is 0 Å². The minimum absolute atomic E-state index is 0.161. The lowest BCUT2D eigenvalue weighted by atomic mass is 10.0. The molecule has 1 aliphatic rings. The summed E-state index contributed by atoms with van der Waals surface area (Å²) in [5, 5.41) is 9.94. The van der Waals surface area contributed by atoms with E-state index in [9.17, 15) is 4.79 Å². The van der Waals surface area contributed by atoms with Crippen molar-refractivity contribution in [2.75, 3.05) is 6.54 Å². The number of aryl methyl sites for hydroxylation is 1.